The van der Waals surface area contributed by atoms with Crippen molar-refractivity contribution in [1.82, 2.24) is 9.78 Å². The molecule has 1 aromatic heterocycles. The van der Waals surface area contributed by atoms with Crippen molar-refractivity contribution in [3.63, 3.8) is 0 Å². The summed E-state index contributed by atoms with van der Waals surface area (Å²) in [4.78, 5) is 0. The first-order valence-corrected chi connectivity index (χ1v) is 3.67. The minimum absolute atomic E-state index is 0. The third kappa shape index (κ3) is 4.35. The molecule has 8 heteroatoms. The monoisotopic (exact) mass is 236 g/mol. The molecule has 1 heterocycles. The summed E-state index contributed by atoms with van der Waals surface area (Å²) in [6, 6.07) is 0. The second kappa shape index (κ2) is 5.18. The molecule has 0 aliphatic carbocycles. The summed E-state index contributed by atoms with van der Waals surface area (Å²) >= 11 is 5.51. The van der Waals surface area contributed by atoms with Crippen LogP contribution in [0.15, 0.2) is 6.20 Å². The van der Waals surface area contributed by atoms with E-state index >= 15 is 0 Å². The van der Waals surface area contributed by atoms with Gasteiger partial charge in [0.25, 0.3) is 0 Å². The van der Waals surface area contributed by atoms with Crippen LogP contribution < -0.4 is 51.4 Å². The maximum absolute atomic E-state index is 11.9. The minimum atomic E-state index is -4.85. The number of halogens is 4. The molecule has 0 saturated carbocycles. The molecule has 68 valence electrons. The van der Waals surface area contributed by atoms with Gasteiger partial charge in [0.15, 0.2) is 0 Å². The van der Waals surface area contributed by atoms with Gasteiger partial charge in [-0.05, 0) is 6.92 Å². The zero-order valence-electron chi connectivity index (χ0n) is 7.27. The molecular weight excluding hydrogens is 230 g/mol. The average Bonchev–Trinajstić information content (AvgIpc) is 2.16. The van der Waals surface area contributed by atoms with Crippen molar-refractivity contribution in [2.24, 2.45) is 0 Å². The molecule has 0 radical (unpaired) electrons. The van der Waals surface area contributed by atoms with E-state index in [0.29, 0.717) is 5.69 Å². The van der Waals surface area contributed by atoms with Crippen LogP contribution in [0, 0.1) is 6.92 Å². The summed E-state index contributed by atoms with van der Waals surface area (Å²) in [5.74, 6) is 0. The van der Waals surface area contributed by atoms with Crippen molar-refractivity contribution < 1.29 is 64.3 Å². The molecule has 0 spiro atoms. The van der Waals surface area contributed by atoms with E-state index in [1.54, 1.807) is 0 Å². The van der Waals surface area contributed by atoms with Crippen molar-refractivity contribution >= 4 is 18.6 Å². The van der Waals surface area contributed by atoms with Crippen LogP contribution in [0.3, 0.4) is 0 Å². The Morgan fingerprint density at radius 2 is 2.08 bits per heavy atom. The second-order valence-corrected chi connectivity index (χ2v) is 2.88. The molecule has 0 aromatic carbocycles. The molecule has 0 amide bonds. The summed E-state index contributed by atoms with van der Waals surface area (Å²) in [5, 5.41) is 3.74. The van der Waals surface area contributed by atoms with E-state index < -0.39 is 13.4 Å². The van der Waals surface area contributed by atoms with Gasteiger partial charge >= 0.3 is 58.4 Å². The Morgan fingerprint density at radius 3 is 2.38 bits per heavy atom. The molecule has 1 aromatic rings. The fraction of sp³-hybridized carbons (Fsp3) is 0.400. The molecule has 0 unspecified atom stereocenters. The molecule has 0 N–H and O–H groups in total. The Labute approximate surface area is 121 Å². The standard InChI is InChI=1S/C5H6BClF3N2.K/c1-4-5(7)2-11-12(4)3-6(8,9)10;/h2H,3H2,1H3;/q-1;+1. The fourth-order valence-electron chi connectivity index (χ4n) is 0.804. The topological polar surface area (TPSA) is 17.8 Å². The number of aromatic nitrogens is 2. The van der Waals surface area contributed by atoms with Crippen LogP contribution in [0.25, 0.3) is 0 Å². The largest absolute Gasteiger partial charge is 1.00 e. The predicted octanol–water partition coefficient (Wildman–Crippen LogP) is -0.764. The van der Waals surface area contributed by atoms with Gasteiger partial charge < -0.3 is 12.9 Å². The number of hydrogen-bond acceptors (Lipinski definition) is 1. The van der Waals surface area contributed by atoms with Gasteiger partial charge in [-0.15, -0.1) is 0 Å². The molecule has 0 aliphatic heterocycles. The Bertz CT molecular complexity index is 288. The SMILES string of the molecule is Cc1c(Cl)cnn1C[B-](F)(F)F.[K+]. The van der Waals surface area contributed by atoms with E-state index in [-0.39, 0.29) is 56.4 Å². The molecule has 2 nitrogen and oxygen atoms in total. The van der Waals surface area contributed by atoms with Crippen LogP contribution in [0.5, 0.6) is 0 Å². The van der Waals surface area contributed by atoms with Crippen LogP contribution in [0.2, 0.25) is 5.02 Å². The zero-order valence-corrected chi connectivity index (χ0v) is 11.1. The van der Waals surface area contributed by atoms with Crippen LogP contribution in [0.1, 0.15) is 5.69 Å². The van der Waals surface area contributed by atoms with Gasteiger partial charge in [-0.25, -0.2) is 0 Å². The van der Waals surface area contributed by atoms with Crippen molar-refractivity contribution in [1.29, 1.82) is 0 Å². The summed E-state index contributed by atoms with van der Waals surface area (Å²) in [6.45, 7) is -3.35. The van der Waals surface area contributed by atoms with Gasteiger partial charge in [0.2, 0.25) is 0 Å². The molecule has 0 saturated heterocycles. The van der Waals surface area contributed by atoms with E-state index in [2.05, 4.69) is 5.10 Å². The van der Waals surface area contributed by atoms with Crippen molar-refractivity contribution in [2.75, 3.05) is 0 Å². The Morgan fingerprint density at radius 1 is 1.54 bits per heavy atom. The van der Waals surface area contributed by atoms with Crippen LogP contribution in [0.4, 0.5) is 12.9 Å². The van der Waals surface area contributed by atoms with Gasteiger partial charge in [-0.3, -0.25) is 4.68 Å². The molecule has 0 aliphatic rings. The molecule has 0 bridgehead atoms. The van der Waals surface area contributed by atoms with Crippen molar-refractivity contribution in [2.45, 2.75) is 13.4 Å². The molecular formula is C5H6BClF3KN2. The van der Waals surface area contributed by atoms with E-state index in [1.807, 2.05) is 0 Å². The quantitative estimate of drug-likeness (QED) is 0.617. The normalized spacial score (nSPS) is 11.2. The van der Waals surface area contributed by atoms with E-state index in [0.717, 1.165) is 4.68 Å². The first kappa shape index (κ1) is 14.0. The van der Waals surface area contributed by atoms with Crippen LogP contribution in [-0.2, 0) is 6.44 Å². The third-order valence-corrected chi connectivity index (χ3v) is 1.79. The van der Waals surface area contributed by atoms with Crippen molar-refractivity contribution in [3.05, 3.63) is 16.9 Å². The minimum Gasteiger partial charge on any atom is -0.448 e. The molecule has 0 atom stereocenters. The molecule has 1 rings (SSSR count). The van der Waals surface area contributed by atoms with Gasteiger partial charge in [-0.1, -0.05) is 11.6 Å². The van der Waals surface area contributed by atoms with Gasteiger partial charge in [-0.2, -0.15) is 5.10 Å². The smallest absolute Gasteiger partial charge is 0.448 e. The van der Waals surface area contributed by atoms with Gasteiger partial charge in [0.05, 0.1) is 16.9 Å². The summed E-state index contributed by atoms with van der Waals surface area (Å²) < 4.78 is 36.5. The summed E-state index contributed by atoms with van der Waals surface area (Å²) in [7, 11) is 0. The maximum Gasteiger partial charge on any atom is 1.00 e. The summed E-state index contributed by atoms with van der Waals surface area (Å²) in [5.41, 5.74) is 0.343. The Balaban J connectivity index is 0.00000144. The first-order valence-electron chi connectivity index (χ1n) is 3.29. The number of nitrogens with zero attached hydrogens (tertiary/aromatic N) is 2. The molecule has 13 heavy (non-hydrogen) atoms. The second-order valence-electron chi connectivity index (χ2n) is 2.47. The third-order valence-electron chi connectivity index (χ3n) is 1.42. The van der Waals surface area contributed by atoms with Crippen molar-refractivity contribution in [3.8, 4) is 0 Å². The van der Waals surface area contributed by atoms with E-state index in [9.17, 15) is 12.9 Å². The van der Waals surface area contributed by atoms with E-state index in [1.165, 1.54) is 13.1 Å². The average molecular weight is 236 g/mol. The van der Waals surface area contributed by atoms with Crippen LogP contribution in [-0.4, -0.2) is 16.8 Å². The van der Waals surface area contributed by atoms with Gasteiger partial charge in [0, 0.05) is 6.44 Å². The predicted molar refractivity (Wildman–Crippen MR) is 41.1 cm³/mol. The zero-order chi connectivity index (χ0) is 9.35. The van der Waals surface area contributed by atoms with Crippen LogP contribution >= 0.6 is 11.6 Å². The number of rotatable bonds is 2. The van der Waals surface area contributed by atoms with E-state index in [4.69, 9.17) is 11.6 Å². The number of hydrogen-bond donors (Lipinski definition) is 0. The summed E-state index contributed by atoms with van der Waals surface area (Å²) in [6.07, 6.45) is 0.178. The Hall–Kier alpha value is 0.991. The molecule has 0 fully saturated rings. The fourth-order valence-corrected chi connectivity index (χ4v) is 0.945. The van der Waals surface area contributed by atoms with Gasteiger partial charge in [0.1, 0.15) is 0 Å². The first-order chi connectivity index (χ1) is 5.40. The Kier molecular flexibility index (Phi) is 5.57. The maximum atomic E-state index is 11.9.